The zero-order valence-electron chi connectivity index (χ0n) is 23.1. The Morgan fingerprint density at radius 2 is 1.69 bits per heavy atom. The van der Waals surface area contributed by atoms with Crippen molar-refractivity contribution in [1.29, 1.82) is 0 Å². The fraction of sp³-hybridized carbons (Fsp3) is 0.355. The molecule has 0 saturated heterocycles. The Hall–Kier alpha value is -2.95. The third kappa shape index (κ3) is 6.50. The Bertz CT molecular complexity index is 1550. The molecule has 4 atom stereocenters. The van der Waals surface area contributed by atoms with E-state index in [0.717, 1.165) is 18.4 Å². The quantitative estimate of drug-likeness (QED) is 0.292. The van der Waals surface area contributed by atoms with Gasteiger partial charge in [-0.25, -0.2) is 18.6 Å². The van der Waals surface area contributed by atoms with Gasteiger partial charge in [0.2, 0.25) is 10.0 Å². The van der Waals surface area contributed by atoms with E-state index >= 15 is 0 Å². The number of hydroxylamine groups is 1. The second-order valence-corrected chi connectivity index (χ2v) is 13.5. The normalized spacial score (nSPS) is 22.5. The van der Waals surface area contributed by atoms with Crippen LogP contribution in [0.5, 0.6) is 0 Å². The molecule has 1 fully saturated rings. The number of fused-ring (bicyclic) bond motifs is 1. The Labute approximate surface area is 256 Å². The minimum atomic E-state index is -3.56. The van der Waals surface area contributed by atoms with Gasteiger partial charge in [-0.2, -0.15) is 0 Å². The minimum Gasteiger partial charge on any atom is -0.326 e. The standard InChI is InChI=1S/C31H33Cl2N3O5S/c1-2-42(39,40)35-26-14-8-9-15-27(26)36-29(24-17-16-21(32)18-25(24)33)28(22-12-6-7-13-23(22)31(36)38)30(37)34-41-19-20-10-4-3-5-11-20/h3-7,10-13,16-18,26-29,35H,2,8-9,14-15,19H2,1H3,(H,34,37)/t26-,27?,28+,29-/m0/s1. The maximum atomic E-state index is 14.3. The summed E-state index contributed by atoms with van der Waals surface area (Å²) in [5, 5.41) is 0.713. The Morgan fingerprint density at radius 1 is 0.976 bits per heavy atom. The number of hydrogen-bond acceptors (Lipinski definition) is 5. The highest BCUT2D eigenvalue weighted by Gasteiger charge is 2.49. The first-order valence-electron chi connectivity index (χ1n) is 14.0. The molecule has 0 spiro atoms. The fourth-order valence-electron chi connectivity index (χ4n) is 6.00. The van der Waals surface area contributed by atoms with Gasteiger partial charge in [0.25, 0.3) is 11.8 Å². The van der Waals surface area contributed by atoms with Gasteiger partial charge in [0.15, 0.2) is 0 Å². The molecule has 3 aromatic carbocycles. The predicted molar refractivity (Wildman–Crippen MR) is 163 cm³/mol. The van der Waals surface area contributed by atoms with E-state index in [2.05, 4.69) is 10.2 Å². The molecule has 0 radical (unpaired) electrons. The number of benzene rings is 3. The molecule has 11 heteroatoms. The zero-order chi connectivity index (χ0) is 29.9. The minimum absolute atomic E-state index is 0.0801. The molecule has 8 nitrogen and oxygen atoms in total. The SMILES string of the molecule is CCS(=O)(=O)N[C@H]1CCCCC1N1C(=O)c2ccccc2[C@@H](C(=O)NOCc2ccccc2)[C@@H]1c1ccc(Cl)cc1Cl. The smallest absolute Gasteiger partial charge is 0.255 e. The van der Waals surface area contributed by atoms with Gasteiger partial charge in [-0.15, -0.1) is 0 Å². The average Bonchev–Trinajstić information content (AvgIpc) is 2.98. The number of carbonyl (C=O) groups is 2. The van der Waals surface area contributed by atoms with E-state index in [1.165, 1.54) is 0 Å². The van der Waals surface area contributed by atoms with Crippen molar-refractivity contribution in [3.05, 3.63) is 105 Å². The molecule has 1 aliphatic heterocycles. The first kappa shape index (κ1) is 30.5. The molecule has 5 rings (SSSR count). The summed E-state index contributed by atoms with van der Waals surface area (Å²) in [6.45, 7) is 1.73. The van der Waals surface area contributed by atoms with Gasteiger partial charge in [-0.3, -0.25) is 14.4 Å². The molecule has 1 saturated carbocycles. The average molecular weight is 631 g/mol. The van der Waals surface area contributed by atoms with Crippen molar-refractivity contribution >= 4 is 45.0 Å². The third-order valence-electron chi connectivity index (χ3n) is 7.99. The summed E-state index contributed by atoms with van der Waals surface area (Å²) < 4.78 is 28.2. The van der Waals surface area contributed by atoms with Crippen LogP contribution in [0.25, 0.3) is 0 Å². The van der Waals surface area contributed by atoms with Crippen LogP contribution in [-0.2, 0) is 26.3 Å². The van der Waals surface area contributed by atoms with Crippen molar-refractivity contribution in [2.45, 2.75) is 63.3 Å². The van der Waals surface area contributed by atoms with Crippen molar-refractivity contribution in [1.82, 2.24) is 15.1 Å². The number of hydrogen-bond donors (Lipinski definition) is 2. The highest BCUT2D eigenvalue weighted by molar-refractivity contribution is 7.89. The monoisotopic (exact) mass is 629 g/mol. The number of nitrogens with one attached hydrogen (secondary N) is 2. The first-order chi connectivity index (χ1) is 20.2. The van der Waals surface area contributed by atoms with Gasteiger partial charge in [-0.05, 0) is 54.7 Å². The van der Waals surface area contributed by atoms with Gasteiger partial charge in [0.05, 0.1) is 24.3 Å². The molecular formula is C31H33Cl2N3O5S. The van der Waals surface area contributed by atoms with Crippen LogP contribution in [0.15, 0.2) is 72.8 Å². The third-order valence-corrected chi connectivity index (χ3v) is 9.98. The fourth-order valence-corrected chi connectivity index (χ4v) is 7.42. The van der Waals surface area contributed by atoms with Crippen LogP contribution in [0.2, 0.25) is 10.0 Å². The van der Waals surface area contributed by atoms with Crippen LogP contribution < -0.4 is 10.2 Å². The number of rotatable bonds is 9. The summed E-state index contributed by atoms with van der Waals surface area (Å²) in [5.74, 6) is -1.72. The number of halogens is 2. The van der Waals surface area contributed by atoms with Crippen LogP contribution >= 0.6 is 23.2 Å². The number of carbonyl (C=O) groups excluding carboxylic acids is 2. The van der Waals surface area contributed by atoms with Crippen molar-refractivity contribution in [3.63, 3.8) is 0 Å². The van der Waals surface area contributed by atoms with E-state index in [-0.39, 0.29) is 18.3 Å². The molecule has 0 bridgehead atoms. The molecule has 1 unspecified atom stereocenters. The van der Waals surface area contributed by atoms with Gasteiger partial charge >= 0.3 is 0 Å². The number of amides is 2. The Kier molecular flexibility index (Phi) is 9.54. The van der Waals surface area contributed by atoms with Gasteiger partial charge in [-0.1, -0.05) is 90.6 Å². The van der Waals surface area contributed by atoms with Gasteiger partial charge < -0.3 is 4.90 Å². The molecule has 42 heavy (non-hydrogen) atoms. The zero-order valence-corrected chi connectivity index (χ0v) is 25.5. The molecule has 1 heterocycles. The molecule has 2 amide bonds. The Morgan fingerprint density at radius 3 is 2.43 bits per heavy atom. The van der Waals surface area contributed by atoms with Crippen LogP contribution in [0, 0.1) is 0 Å². The van der Waals surface area contributed by atoms with Crippen LogP contribution in [0.4, 0.5) is 0 Å². The number of nitrogens with zero attached hydrogens (tertiary/aromatic N) is 1. The van der Waals surface area contributed by atoms with Gasteiger partial charge in [0.1, 0.15) is 0 Å². The van der Waals surface area contributed by atoms with Crippen LogP contribution in [0.3, 0.4) is 0 Å². The summed E-state index contributed by atoms with van der Waals surface area (Å²) in [7, 11) is -3.56. The molecule has 222 valence electrons. The topological polar surface area (TPSA) is 105 Å². The van der Waals surface area contributed by atoms with Crippen molar-refractivity contribution in [2.75, 3.05) is 5.75 Å². The summed E-state index contributed by atoms with van der Waals surface area (Å²) in [6.07, 6.45) is 2.74. The summed E-state index contributed by atoms with van der Waals surface area (Å²) in [5.41, 5.74) is 4.95. The maximum absolute atomic E-state index is 14.3. The van der Waals surface area contributed by atoms with Gasteiger partial charge in [0, 0.05) is 27.7 Å². The molecular weight excluding hydrogens is 597 g/mol. The lowest BCUT2D eigenvalue weighted by molar-refractivity contribution is -0.138. The van der Waals surface area contributed by atoms with E-state index in [0.29, 0.717) is 39.6 Å². The van der Waals surface area contributed by atoms with E-state index in [1.54, 1.807) is 54.3 Å². The lowest BCUT2D eigenvalue weighted by Crippen LogP contribution is -2.59. The lowest BCUT2D eigenvalue weighted by atomic mass is 9.76. The summed E-state index contributed by atoms with van der Waals surface area (Å²) in [4.78, 5) is 35.7. The van der Waals surface area contributed by atoms with Crippen molar-refractivity contribution in [2.24, 2.45) is 0 Å². The van der Waals surface area contributed by atoms with E-state index in [4.69, 9.17) is 28.0 Å². The molecule has 1 aliphatic carbocycles. The number of sulfonamides is 1. The molecule has 3 aromatic rings. The van der Waals surface area contributed by atoms with E-state index in [9.17, 15) is 18.0 Å². The second-order valence-electron chi connectivity index (χ2n) is 10.6. The molecule has 2 aliphatic rings. The summed E-state index contributed by atoms with van der Waals surface area (Å²) >= 11 is 13.0. The van der Waals surface area contributed by atoms with Crippen LogP contribution in [0.1, 0.15) is 71.6 Å². The van der Waals surface area contributed by atoms with E-state index in [1.807, 2.05) is 30.3 Å². The van der Waals surface area contributed by atoms with E-state index < -0.39 is 40.0 Å². The highest BCUT2D eigenvalue weighted by Crippen LogP contribution is 2.47. The molecule has 2 N–H and O–H groups in total. The lowest BCUT2D eigenvalue weighted by Gasteiger charge is -2.49. The maximum Gasteiger partial charge on any atom is 0.255 e. The largest absolute Gasteiger partial charge is 0.326 e. The second kappa shape index (κ2) is 13.1. The van der Waals surface area contributed by atoms with Crippen LogP contribution in [-0.4, -0.2) is 43.0 Å². The molecule has 0 aromatic heterocycles. The van der Waals surface area contributed by atoms with Crippen molar-refractivity contribution in [3.8, 4) is 0 Å². The predicted octanol–water partition coefficient (Wildman–Crippen LogP) is 5.77. The van der Waals surface area contributed by atoms with Crippen molar-refractivity contribution < 1.29 is 22.8 Å². The Balaban J connectivity index is 1.60. The summed E-state index contributed by atoms with van der Waals surface area (Å²) in [6, 6.07) is 19.5. The highest BCUT2D eigenvalue weighted by atomic mass is 35.5. The first-order valence-corrected chi connectivity index (χ1v) is 16.4.